The molecule has 0 aliphatic carbocycles. The second kappa shape index (κ2) is 3.61. The number of rotatable bonds is 3. The molecule has 1 atom stereocenters. The molecule has 4 nitrogen and oxygen atoms in total. The molecule has 5 heteroatoms. The van der Waals surface area contributed by atoms with Crippen LogP contribution < -0.4 is 5.73 Å². The molecule has 2 aromatic heterocycles. The molecule has 0 saturated carbocycles. The predicted octanol–water partition coefficient (Wildman–Crippen LogP) is 0.179. The molecule has 2 rings (SSSR count). The van der Waals surface area contributed by atoms with Crippen molar-refractivity contribution in [1.29, 1.82) is 0 Å². The van der Waals surface area contributed by atoms with Gasteiger partial charge in [0.2, 0.25) is 0 Å². The minimum absolute atomic E-state index is 0.376. The molecular weight excluding hydrogens is 247 g/mol. The number of hydrogen-bond donors (Lipinski definition) is 3. The molecule has 0 fully saturated rings. The van der Waals surface area contributed by atoms with Gasteiger partial charge in [-0.05, 0) is 0 Å². The van der Waals surface area contributed by atoms with Crippen LogP contribution in [-0.4, -0.2) is 36.6 Å². The summed E-state index contributed by atoms with van der Waals surface area (Å²) in [5.41, 5.74) is 6.47. The van der Waals surface area contributed by atoms with Crippen molar-refractivity contribution in [2.45, 2.75) is 12.5 Å². The van der Waals surface area contributed by atoms with Crippen LogP contribution in [-0.2, 0) is 11.2 Å². The van der Waals surface area contributed by atoms with Gasteiger partial charge in [-0.25, -0.2) is 0 Å². The first-order valence-corrected chi connectivity index (χ1v) is 6.05. The summed E-state index contributed by atoms with van der Waals surface area (Å²) in [4.78, 5) is 15.8. The molecule has 0 saturated heterocycles. The van der Waals surface area contributed by atoms with E-state index in [1.165, 1.54) is 4.39 Å². The van der Waals surface area contributed by atoms with Crippen LogP contribution in [0.3, 0.4) is 0 Å². The number of nitrogens with two attached hydrogens (primary N) is 1. The molecule has 0 bridgehead atoms. The average molecular weight is 257 g/mol. The summed E-state index contributed by atoms with van der Waals surface area (Å²) >= 11 is 0.376. The first-order valence-electron chi connectivity index (χ1n) is 4.20. The van der Waals surface area contributed by atoms with E-state index >= 15 is 0 Å². The van der Waals surface area contributed by atoms with Gasteiger partial charge in [-0.1, -0.05) is 0 Å². The van der Waals surface area contributed by atoms with Gasteiger partial charge in [0, 0.05) is 0 Å². The van der Waals surface area contributed by atoms with Gasteiger partial charge in [0.15, 0.2) is 0 Å². The Morgan fingerprint density at radius 2 is 2.50 bits per heavy atom. The molecule has 14 heavy (non-hydrogen) atoms. The van der Waals surface area contributed by atoms with E-state index in [0.29, 0.717) is 20.9 Å². The minimum atomic E-state index is -0.951. The summed E-state index contributed by atoms with van der Waals surface area (Å²) in [6.45, 7) is 0. The van der Waals surface area contributed by atoms with Gasteiger partial charge in [-0.3, -0.25) is 0 Å². The average Bonchev–Trinajstić information content (AvgIpc) is 2.69. The van der Waals surface area contributed by atoms with Gasteiger partial charge in [-0.15, -0.1) is 0 Å². The monoisotopic (exact) mass is 258 g/mol. The van der Waals surface area contributed by atoms with Gasteiger partial charge in [0.05, 0.1) is 0 Å². The van der Waals surface area contributed by atoms with E-state index in [1.54, 1.807) is 0 Å². The van der Waals surface area contributed by atoms with E-state index in [0.717, 1.165) is 10.9 Å². The summed E-state index contributed by atoms with van der Waals surface area (Å²) < 4.78 is 1.21. The van der Waals surface area contributed by atoms with Crippen LogP contribution in [0.4, 0.5) is 0 Å². The summed E-state index contributed by atoms with van der Waals surface area (Å²) in [5.74, 6) is -0.951. The fourth-order valence-corrected chi connectivity index (χ4v) is 3.06. The van der Waals surface area contributed by atoms with Crippen LogP contribution in [0.5, 0.6) is 0 Å². The van der Waals surface area contributed by atoms with E-state index in [4.69, 9.17) is 10.8 Å². The third kappa shape index (κ3) is 1.62. The van der Waals surface area contributed by atoms with E-state index in [-0.39, 0.29) is 0 Å². The van der Waals surface area contributed by atoms with E-state index < -0.39 is 12.0 Å². The second-order valence-electron chi connectivity index (χ2n) is 3.13. The Balaban J connectivity index is 2.27. The number of aromatic nitrogens is 1. The zero-order valence-corrected chi connectivity index (χ0v) is 9.07. The first kappa shape index (κ1) is 9.52. The molecule has 0 unspecified atom stereocenters. The van der Waals surface area contributed by atoms with Crippen LogP contribution >= 0.6 is 0 Å². The fourth-order valence-electron chi connectivity index (χ4n) is 1.40. The van der Waals surface area contributed by atoms with Crippen molar-refractivity contribution in [3.63, 3.8) is 0 Å². The van der Waals surface area contributed by atoms with Gasteiger partial charge in [-0.2, -0.15) is 0 Å². The maximum atomic E-state index is 10.6. The number of carboxylic acids is 1. The number of hydrogen-bond acceptors (Lipinski definition) is 2. The van der Waals surface area contributed by atoms with Crippen molar-refractivity contribution in [2.24, 2.45) is 5.73 Å². The third-order valence-corrected chi connectivity index (χ3v) is 3.92. The molecule has 0 radical (unpaired) electrons. The van der Waals surface area contributed by atoms with Crippen LogP contribution in [0.1, 0.15) is 5.56 Å². The van der Waals surface area contributed by atoms with Gasteiger partial charge < -0.3 is 0 Å². The molecule has 2 heterocycles. The summed E-state index contributed by atoms with van der Waals surface area (Å²) in [6.07, 6.45) is 2.25. The Kier molecular flexibility index (Phi) is 2.46. The molecule has 2 aromatic rings. The quantitative estimate of drug-likeness (QED) is 0.686. The van der Waals surface area contributed by atoms with Gasteiger partial charge in [0.1, 0.15) is 0 Å². The van der Waals surface area contributed by atoms with Crippen molar-refractivity contribution >= 4 is 30.2 Å². The zero-order chi connectivity index (χ0) is 10.1. The number of carboxylic acid groups (broad SMARTS) is 1. The maximum absolute atomic E-state index is 10.6. The fraction of sp³-hybridized carbons (Fsp3) is 0.222. The topological polar surface area (TPSA) is 79.1 Å². The van der Waals surface area contributed by atoms with E-state index in [9.17, 15) is 4.79 Å². The number of aromatic amines is 1. The molecule has 0 aliphatic rings. The first-order chi connectivity index (χ1) is 6.68. The normalized spacial score (nSPS) is 13.2. The molecule has 0 aliphatic heterocycles. The number of nitrogens with one attached hydrogen (secondary N) is 1. The number of carbonyl (C=O) groups is 1. The molecule has 0 aromatic carbocycles. The number of H-pyrrole nitrogens is 1. The summed E-state index contributed by atoms with van der Waals surface area (Å²) in [6, 6.07) is 1.23. The van der Waals surface area contributed by atoms with Crippen molar-refractivity contribution < 1.29 is 9.90 Å². The van der Waals surface area contributed by atoms with Crippen LogP contribution in [0, 0.1) is 0 Å². The van der Waals surface area contributed by atoms with Crippen LogP contribution in [0.2, 0.25) is 0 Å². The molecule has 74 valence electrons. The van der Waals surface area contributed by atoms with E-state index in [2.05, 4.69) is 9.92 Å². The molecule has 0 spiro atoms. The predicted molar refractivity (Wildman–Crippen MR) is 54.6 cm³/mol. The van der Waals surface area contributed by atoms with E-state index in [1.807, 2.05) is 12.3 Å². The Morgan fingerprint density at radius 3 is 3.21 bits per heavy atom. The van der Waals surface area contributed by atoms with Gasteiger partial charge in [0.25, 0.3) is 0 Å². The zero-order valence-electron chi connectivity index (χ0n) is 7.36. The van der Waals surface area contributed by atoms with Crippen molar-refractivity contribution in [1.82, 2.24) is 4.98 Å². The molecule has 4 N–H and O–H groups in total. The Hall–Kier alpha value is -1.03. The number of fused-ring (bicyclic) bond motifs is 1. The summed E-state index contributed by atoms with van der Waals surface area (Å²) in [7, 11) is 0. The van der Waals surface area contributed by atoms with Crippen molar-refractivity contribution in [3.05, 3.63) is 22.8 Å². The summed E-state index contributed by atoms with van der Waals surface area (Å²) in [5, 5.41) is 9.82. The standard InChI is InChI=1S/C9H10N2O2Se/c10-7(9(12)13)3-5-4-11-8-6(5)1-2-14-8/h1-2,4,7,11H,3,10H2,(H,12,13)/t7-/m0/s1. The third-order valence-electron chi connectivity index (χ3n) is 2.15. The number of aliphatic carboxylic acids is 1. The van der Waals surface area contributed by atoms with Gasteiger partial charge >= 0.3 is 86.1 Å². The Morgan fingerprint density at radius 1 is 1.71 bits per heavy atom. The van der Waals surface area contributed by atoms with Crippen LogP contribution in [0.15, 0.2) is 17.2 Å². The second-order valence-corrected chi connectivity index (χ2v) is 5.05. The molecular formula is C9H10N2O2Se. The van der Waals surface area contributed by atoms with Crippen LogP contribution in [0.25, 0.3) is 9.78 Å². The van der Waals surface area contributed by atoms with Crippen molar-refractivity contribution in [2.75, 3.05) is 0 Å². The SMILES string of the molecule is N[C@@H](Cc1c[nH]c2[se]ccc12)C(=O)O. The molecule has 0 amide bonds. The Labute approximate surface area is 86.5 Å². The Bertz CT molecular complexity index is 460. The van der Waals surface area contributed by atoms with Crippen molar-refractivity contribution in [3.8, 4) is 0 Å².